The topological polar surface area (TPSA) is 121 Å². The van der Waals surface area contributed by atoms with Gasteiger partial charge in [-0.3, -0.25) is 9.63 Å². The van der Waals surface area contributed by atoms with Gasteiger partial charge in [0.05, 0.1) is 11.0 Å². The van der Waals surface area contributed by atoms with Crippen LogP contribution in [0.5, 0.6) is 0 Å². The fourth-order valence-electron chi connectivity index (χ4n) is 1.75. The Morgan fingerprint density at radius 2 is 2.17 bits per heavy atom. The molecule has 0 saturated carbocycles. The van der Waals surface area contributed by atoms with Crippen molar-refractivity contribution >= 4 is 16.9 Å². The second kappa shape index (κ2) is 5.64. The lowest BCUT2D eigenvalue weighted by Crippen LogP contribution is -2.23. The number of benzene rings is 1. The van der Waals surface area contributed by atoms with Gasteiger partial charge in [0.1, 0.15) is 6.61 Å². The van der Waals surface area contributed by atoms with Gasteiger partial charge in [-0.2, -0.15) is 18.4 Å². The number of carbonyl (C=O) groups is 1. The van der Waals surface area contributed by atoms with Crippen molar-refractivity contribution in [2.45, 2.75) is 12.8 Å². The summed E-state index contributed by atoms with van der Waals surface area (Å²) in [6.07, 6.45) is -4.59. The predicted molar refractivity (Wildman–Crippen MR) is 67.5 cm³/mol. The van der Waals surface area contributed by atoms with E-state index in [4.69, 9.17) is 4.84 Å². The van der Waals surface area contributed by atoms with E-state index < -0.39 is 17.9 Å². The lowest BCUT2D eigenvalue weighted by Gasteiger charge is -2.03. The first-order valence-electron chi connectivity index (χ1n) is 6.15. The number of carbonyl (C=O) groups excluding carboxylic acids is 1. The van der Waals surface area contributed by atoms with E-state index in [1.807, 2.05) is 0 Å². The molecule has 1 aromatic carbocycles. The number of hydrogen-bond donors (Lipinski definition) is 3. The van der Waals surface area contributed by atoms with Crippen LogP contribution in [0.25, 0.3) is 11.0 Å². The molecule has 0 saturated heterocycles. The minimum absolute atomic E-state index is 0.0862. The molecule has 12 heteroatoms. The summed E-state index contributed by atoms with van der Waals surface area (Å²) < 4.78 is 37.7. The van der Waals surface area contributed by atoms with E-state index in [1.54, 1.807) is 0 Å². The molecule has 23 heavy (non-hydrogen) atoms. The number of imidazole rings is 1. The summed E-state index contributed by atoms with van der Waals surface area (Å²) in [6.45, 7) is -0.118. The van der Waals surface area contributed by atoms with E-state index >= 15 is 0 Å². The van der Waals surface area contributed by atoms with Crippen LogP contribution in [0.2, 0.25) is 0 Å². The molecule has 0 aliphatic rings. The minimum Gasteiger partial charge on any atom is -0.334 e. The van der Waals surface area contributed by atoms with E-state index in [1.165, 1.54) is 18.2 Å². The summed E-state index contributed by atoms with van der Waals surface area (Å²) >= 11 is 0. The molecule has 0 fully saturated rings. The Kier molecular flexibility index (Phi) is 3.65. The number of hydroxylamine groups is 1. The molecule has 0 aliphatic carbocycles. The van der Waals surface area contributed by atoms with Gasteiger partial charge in [0, 0.05) is 5.56 Å². The number of alkyl halides is 3. The van der Waals surface area contributed by atoms with E-state index in [0.29, 0.717) is 0 Å². The summed E-state index contributed by atoms with van der Waals surface area (Å²) in [6, 6.07) is 3.87. The summed E-state index contributed by atoms with van der Waals surface area (Å²) in [5.74, 6) is -1.54. The molecule has 9 nitrogen and oxygen atoms in total. The van der Waals surface area contributed by atoms with Crippen LogP contribution in [-0.4, -0.2) is 36.5 Å². The van der Waals surface area contributed by atoms with Crippen molar-refractivity contribution in [3.8, 4) is 0 Å². The Bertz CT molecular complexity index is 828. The molecule has 0 aliphatic heterocycles. The van der Waals surface area contributed by atoms with Gasteiger partial charge in [-0.25, -0.2) is 10.5 Å². The number of rotatable bonds is 4. The molecule has 3 rings (SSSR count). The van der Waals surface area contributed by atoms with Gasteiger partial charge < -0.3 is 4.98 Å². The van der Waals surface area contributed by atoms with Gasteiger partial charge in [0.15, 0.2) is 0 Å². The number of nitrogens with one attached hydrogen (secondary N) is 3. The molecule has 1 amide bonds. The predicted octanol–water partition coefficient (Wildman–Crippen LogP) is 0.956. The number of H-pyrrole nitrogens is 2. The zero-order valence-corrected chi connectivity index (χ0v) is 11.2. The first-order valence-corrected chi connectivity index (χ1v) is 6.15. The highest BCUT2D eigenvalue weighted by Gasteiger charge is 2.34. The molecule has 3 N–H and O–H groups in total. The van der Waals surface area contributed by atoms with Crippen LogP contribution in [0.3, 0.4) is 0 Å². The zero-order valence-electron chi connectivity index (χ0n) is 11.2. The Hall–Kier alpha value is -3.02. The van der Waals surface area contributed by atoms with E-state index in [2.05, 4.69) is 36.1 Å². The van der Waals surface area contributed by atoms with Gasteiger partial charge >= 0.3 is 6.18 Å². The Morgan fingerprint density at radius 1 is 1.35 bits per heavy atom. The molecule has 2 heterocycles. The second-order valence-electron chi connectivity index (χ2n) is 4.36. The summed E-state index contributed by atoms with van der Waals surface area (Å²) in [5, 5.41) is 12.7. The SMILES string of the molecule is O=C(NOCc1nn[nH]n1)c1ccc2nc(C(F)(F)F)[nH]c2c1. The van der Waals surface area contributed by atoms with Gasteiger partial charge in [-0.05, 0) is 18.2 Å². The van der Waals surface area contributed by atoms with Crippen molar-refractivity contribution in [3.63, 3.8) is 0 Å². The standard InChI is InChI=1S/C11H8F3N7O2/c12-11(13,14)10-15-6-2-1-5(3-7(6)16-10)9(22)19-23-4-8-17-20-21-18-8/h1-3H,4H2,(H,15,16)(H,19,22)(H,17,18,20,21). The van der Waals surface area contributed by atoms with Gasteiger partial charge in [-0.1, -0.05) is 5.21 Å². The van der Waals surface area contributed by atoms with Gasteiger partial charge in [0.25, 0.3) is 5.91 Å². The number of halogens is 3. The number of fused-ring (bicyclic) bond motifs is 1. The number of tetrazole rings is 1. The van der Waals surface area contributed by atoms with Crippen molar-refractivity contribution < 1.29 is 22.8 Å². The molecule has 120 valence electrons. The van der Waals surface area contributed by atoms with Crippen molar-refractivity contribution in [1.82, 2.24) is 36.1 Å². The normalized spacial score (nSPS) is 11.8. The van der Waals surface area contributed by atoms with Crippen molar-refractivity contribution in [2.75, 3.05) is 0 Å². The van der Waals surface area contributed by atoms with Crippen LogP contribution >= 0.6 is 0 Å². The molecular formula is C11H8F3N7O2. The van der Waals surface area contributed by atoms with Crippen LogP contribution < -0.4 is 5.48 Å². The zero-order chi connectivity index (χ0) is 16.4. The van der Waals surface area contributed by atoms with Gasteiger partial charge in [-0.15, -0.1) is 10.2 Å². The van der Waals surface area contributed by atoms with E-state index in [9.17, 15) is 18.0 Å². The van der Waals surface area contributed by atoms with Crippen LogP contribution in [-0.2, 0) is 17.6 Å². The average Bonchev–Trinajstić information content (AvgIpc) is 3.14. The quantitative estimate of drug-likeness (QED) is 0.614. The summed E-state index contributed by atoms with van der Waals surface area (Å²) in [5.41, 5.74) is 2.41. The average molecular weight is 327 g/mol. The molecule has 0 radical (unpaired) electrons. The third kappa shape index (κ3) is 3.26. The number of amides is 1. The molecule has 0 bridgehead atoms. The van der Waals surface area contributed by atoms with Crippen LogP contribution in [0.4, 0.5) is 13.2 Å². The Morgan fingerprint density at radius 3 is 2.87 bits per heavy atom. The van der Waals surface area contributed by atoms with Crippen LogP contribution in [0, 0.1) is 0 Å². The minimum atomic E-state index is -4.59. The number of nitrogens with zero attached hydrogens (tertiary/aromatic N) is 4. The lowest BCUT2D eigenvalue weighted by atomic mass is 10.2. The maximum Gasteiger partial charge on any atom is 0.449 e. The Balaban J connectivity index is 1.70. The third-order valence-corrected chi connectivity index (χ3v) is 2.77. The largest absolute Gasteiger partial charge is 0.449 e. The maximum absolute atomic E-state index is 12.6. The number of aromatic amines is 2. The smallest absolute Gasteiger partial charge is 0.334 e. The monoisotopic (exact) mass is 327 g/mol. The first-order chi connectivity index (χ1) is 10.9. The number of aromatic nitrogens is 6. The first kappa shape index (κ1) is 14.9. The maximum atomic E-state index is 12.6. The Labute approximate surface area is 125 Å². The lowest BCUT2D eigenvalue weighted by molar-refractivity contribution is -0.144. The highest BCUT2D eigenvalue weighted by molar-refractivity contribution is 5.96. The summed E-state index contributed by atoms with van der Waals surface area (Å²) in [7, 11) is 0. The number of hydrogen-bond acceptors (Lipinski definition) is 6. The van der Waals surface area contributed by atoms with Crippen molar-refractivity contribution in [3.05, 3.63) is 35.4 Å². The molecular weight excluding hydrogens is 319 g/mol. The fourth-order valence-corrected chi connectivity index (χ4v) is 1.75. The molecule has 0 unspecified atom stereocenters. The molecule has 3 aromatic rings. The molecule has 0 spiro atoms. The second-order valence-corrected chi connectivity index (χ2v) is 4.36. The molecule has 2 aromatic heterocycles. The molecule has 0 atom stereocenters. The van der Waals surface area contributed by atoms with Crippen molar-refractivity contribution in [2.24, 2.45) is 0 Å². The van der Waals surface area contributed by atoms with Gasteiger partial charge in [0.2, 0.25) is 11.6 Å². The highest BCUT2D eigenvalue weighted by atomic mass is 19.4. The third-order valence-electron chi connectivity index (χ3n) is 2.77. The van der Waals surface area contributed by atoms with Crippen molar-refractivity contribution in [1.29, 1.82) is 0 Å². The van der Waals surface area contributed by atoms with Crippen LogP contribution in [0.15, 0.2) is 18.2 Å². The van der Waals surface area contributed by atoms with E-state index in [-0.39, 0.29) is 29.0 Å². The summed E-state index contributed by atoms with van der Waals surface area (Å²) in [4.78, 5) is 22.3. The van der Waals surface area contributed by atoms with E-state index in [0.717, 1.165) is 0 Å². The fraction of sp³-hybridized carbons (Fsp3) is 0.182. The van der Waals surface area contributed by atoms with Crippen LogP contribution in [0.1, 0.15) is 22.0 Å². The highest BCUT2D eigenvalue weighted by Crippen LogP contribution is 2.28.